The van der Waals surface area contributed by atoms with Crippen LogP contribution < -0.4 is 5.73 Å². The van der Waals surface area contributed by atoms with E-state index in [9.17, 15) is 0 Å². The summed E-state index contributed by atoms with van der Waals surface area (Å²) in [5, 5.41) is 0. The van der Waals surface area contributed by atoms with Crippen molar-refractivity contribution in [1.82, 2.24) is 4.90 Å². The standard InChI is InChI=1S/C16H15BrN4O/c17-12-5-1-4-11(10-12)16(13-6-2-9-22-13)14-19-7-3-8-21(14)15(18)20-16/h1-2,4-6,9-10H,3,7-8H2,(H2,18,20)/t16-/m0/s1. The van der Waals surface area contributed by atoms with E-state index in [-0.39, 0.29) is 0 Å². The van der Waals surface area contributed by atoms with E-state index in [1.54, 1.807) is 6.26 Å². The summed E-state index contributed by atoms with van der Waals surface area (Å²) in [6.07, 6.45) is 2.64. The predicted molar refractivity (Wildman–Crippen MR) is 88.9 cm³/mol. The Bertz CT molecular complexity index is 768. The van der Waals surface area contributed by atoms with Crippen LogP contribution in [0.5, 0.6) is 0 Å². The molecule has 1 atom stereocenters. The summed E-state index contributed by atoms with van der Waals surface area (Å²) in [6, 6.07) is 11.8. The van der Waals surface area contributed by atoms with Gasteiger partial charge in [0, 0.05) is 17.6 Å². The second-order valence-electron chi connectivity index (χ2n) is 5.38. The quantitative estimate of drug-likeness (QED) is 0.897. The summed E-state index contributed by atoms with van der Waals surface area (Å²) in [5.74, 6) is 2.08. The average molecular weight is 359 g/mol. The molecule has 0 aliphatic carbocycles. The molecule has 2 aliphatic heterocycles. The Balaban J connectivity index is 2.00. The summed E-state index contributed by atoms with van der Waals surface area (Å²) in [6.45, 7) is 1.62. The number of hydrogen-bond acceptors (Lipinski definition) is 5. The van der Waals surface area contributed by atoms with Gasteiger partial charge in [0.15, 0.2) is 5.96 Å². The number of fused-ring (bicyclic) bond motifs is 1. The number of benzene rings is 1. The molecule has 3 heterocycles. The van der Waals surface area contributed by atoms with Gasteiger partial charge >= 0.3 is 0 Å². The molecule has 112 valence electrons. The molecule has 0 saturated carbocycles. The van der Waals surface area contributed by atoms with Crippen molar-refractivity contribution in [3.8, 4) is 0 Å². The van der Waals surface area contributed by atoms with E-state index in [1.165, 1.54) is 0 Å². The van der Waals surface area contributed by atoms with Gasteiger partial charge in [0.25, 0.3) is 0 Å². The fourth-order valence-corrected chi connectivity index (χ4v) is 3.52. The van der Waals surface area contributed by atoms with Crippen LogP contribution in [0.4, 0.5) is 0 Å². The van der Waals surface area contributed by atoms with E-state index in [0.29, 0.717) is 5.96 Å². The predicted octanol–water partition coefficient (Wildman–Crippen LogP) is 2.72. The van der Waals surface area contributed by atoms with Crippen LogP contribution in [-0.2, 0) is 5.54 Å². The van der Waals surface area contributed by atoms with Gasteiger partial charge in [-0.3, -0.25) is 9.89 Å². The topological polar surface area (TPSA) is 67.1 Å². The van der Waals surface area contributed by atoms with E-state index in [1.807, 2.05) is 41.3 Å². The molecule has 0 saturated heterocycles. The molecule has 6 heteroatoms. The van der Waals surface area contributed by atoms with E-state index < -0.39 is 5.54 Å². The Morgan fingerprint density at radius 1 is 1.27 bits per heavy atom. The van der Waals surface area contributed by atoms with Gasteiger partial charge in [0.05, 0.1) is 6.26 Å². The van der Waals surface area contributed by atoms with Crippen molar-refractivity contribution >= 4 is 27.7 Å². The molecule has 2 N–H and O–H groups in total. The molecule has 2 aliphatic rings. The second kappa shape index (κ2) is 4.98. The Labute approximate surface area is 136 Å². The van der Waals surface area contributed by atoms with E-state index in [0.717, 1.165) is 41.1 Å². The van der Waals surface area contributed by atoms with Crippen LogP contribution >= 0.6 is 15.9 Å². The zero-order valence-corrected chi connectivity index (χ0v) is 13.5. The van der Waals surface area contributed by atoms with Gasteiger partial charge in [-0.05, 0) is 36.2 Å². The van der Waals surface area contributed by atoms with Crippen molar-refractivity contribution in [1.29, 1.82) is 0 Å². The Morgan fingerprint density at radius 2 is 2.18 bits per heavy atom. The number of rotatable bonds is 2. The third-order valence-corrected chi connectivity index (χ3v) is 4.55. The first-order valence-corrected chi connectivity index (χ1v) is 7.99. The molecular weight excluding hydrogens is 344 g/mol. The van der Waals surface area contributed by atoms with Crippen LogP contribution in [0.1, 0.15) is 17.7 Å². The van der Waals surface area contributed by atoms with Gasteiger partial charge in [-0.1, -0.05) is 28.1 Å². The summed E-state index contributed by atoms with van der Waals surface area (Å²) >= 11 is 3.54. The highest BCUT2D eigenvalue weighted by molar-refractivity contribution is 9.10. The van der Waals surface area contributed by atoms with Gasteiger partial charge in [0.2, 0.25) is 5.54 Å². The molecule has 4 rings (SSSR count). The molecule has 0 unspecified atom stereocenters. The number of nitrogens with zero attached hydrogens (tertiary/aromatic N) is 3. The Kier molecular flexibility index (Phi) is 3.07. The second-order valence-corrected chi connectivity index (χ2v) is 6.29. The van der Waals surface area contributed by atoms with Crippen LogP contribution in [0.2, 0.25) is 0 Å². The summed E-state index contributed by atoms with van der Waals surface area (Å²) in [5.41, 5.74) is 6.38. The number of nitrogens with two attached hydrogens (primary N) is 1. The minimum atomic E-state index is -0.794. The van der Waals surface area contributed by atoms with Gasteiger partial charge in [-0.2, -0.15) is 0 Å². The SMILES string of the molecule is NC1=N[C@@](c2cccc(Br)c2)(c2ccco2)C2=NCCCN12. The maximum atomic E-state index is 6.19. The summed E-state index contributed by atoms with van der Waals surface area (Å²) in [7, 11) is 0. The van der Waals surface area contributed by atoms with Crippen molar-refractivity contribution in [2.24, 2.45) is 15.7 Å². The smallest absolute Gasteiger partial charge is 0.204 e. The van der Waals surface area contributed by atoms with E-state index in [4.69, 9.17) is 20.1 Å². The highest BCUT2D eigenvalue weighted by atomic mass is 79.9. The normalized spacial score (nSPS) is 24.0. The number of hydrogen-bond donors (Lipinski definition) is 1. The first-order chi connectivity index (χ1) is 10.7. The van der Waals surface area contributed by atoms with E-state index in [2.05, 4.69) is 15.9 Å². The average Bonchev–Trinajstić information content (AvgIpc) is 3.15. The third-order valence-electron chi connectivity index (χ3n) is 4.06. The fourth-order valence-electron chi connectivity index (χ4n) is 3.12. The first-order valence-electron chi connectivity index (χ1n) is 7.19. The first kappa shape index (κ1) is 13.6. The lowest BCUT2D eigenvalue weighted by atomic mass is 9.86. The summed E-state index contributed by atoms with van der Waals surface area (Å²) in [4.78, 5) is 11.5. The van der Waals surface area contributed by atoms with Gasteiger partial charge in [0.1, 0.15) is 11.6 Å². The summed E-state index contributed by atoms with van der Waals surface area (Å²) < 4.78 is 6.71. The number of halogens is 1. The number of guanidine groups is 1. The van der Waals surface area contributed by atoms with Crippen molar-refractivity contribution in [2.75, 3.05) is 13.1 Å². The molecule has 22 heavy (non-hydrogen) atoms. The number of amidine groups is 1. The molecule has 2 aromatic rings. The highest BCUT2D eigenvalue weighted by Crippen LogP contribution is 2.42. The molecule has 0 amide bonds. The number of furan rings is 1. The van der Waals surface area contributed by atoms with Gasteiger partial charge < -0.3 is 10.2 Å². The van der Waals surface area contributed by atoms with Crippen LogP contribution in [0.25, 0.3) is 0 Å². The van der Waals surface area contributed by atoms with Crippen LogP contribution in [0.3, 0.4) is 0 Å². The lowest BCUT2D eigenvalue weighted by molar-refractivity contribution is 0.446. The van der Waals surface area contributed by atoms with E-state index >= 15 is 0 Å². The fraction of sp³-hybridized carbons (Fsp3) is 0.250. The van der Waals surface area contributed by atoms with Gasteiger partial charge in [-0.15, -0.1) is 0 Å². The maximum Gasteiger partial charge on any atom is 0.204 e. The largest absolute Gasteiger partial charge is 0.466 e. The zero-order chi connectivity index (χ0) is 15.2. The lowest BCUT2D eigenvalue weighted by Gasteiger charge is -2.31. The van der Waals surface area contributed by atoms with Crippen LogP contribution in [0, 0.1) is 0 Å². The lowest BCUT2D eigenvalue weighted by Crippen LogP contribution is -2.46. The Hall–Kier alpha value is -2.08. The molecule has 0 bridgehead atoms. The minimum Gasteiger partial charge on any atom is -0.466 e. The van der Waals surface area contributed by atoms with Gasteiger partial charge in [-0.25, -0.2) is 4.99 Å². The minimum absolute atomic E-state index is 0.495. The van der Waals surface area contributed by atoms with Crippen LogP contribution in [-0.4, -0.2) is 29.8 Å². The highest BCUT2D eigenvalue weighted by Gasteiger charge is 2.51. The van der Waals surface area contributed by atoms with Crippen molar-refractivity contribution in [3.05, 3.63) is 58.5 Å². The van der Waals surface area contributed by atoms with Crippen molar-refractivity contribution in [2.45, 2.75) is 12.0 Å². The number of aliphatic imine (C=N–C) groups is 2. The molecule has 0 radical (unpaired) electrons. The molecule has 1 aromatic heterocycles. The third kappa shape index (κ3) is 1.83. The Morgan fingerprint density at radius 3 is 2.95 bits per heavy atom. The zero-order valence-electron chi connectivity index (χ0n) is 11.9. The molecule has 0 fully saturated rings. The van der Waals surface area contributed by atoms with Crippen LogP contribution in [0.15, 0.2) is 61.5 Å². The molecule has 0 spiro atoms. The molecule has 5 nitrogen and oxygen atoms in total. The monoisotopic (exact) mass is 358 g/mol. The molecule has 1 aromatic carbocycles. The van der Waals surface area contributed by atoms with Crippen molar-refractivity contribution in [3.63, 3.8) is 0 Å². The van der Waals surface area contributed by atoms with Crippen molar-refractivity contribution < 1.29 is 4.42 Å². The molecular formula is C16H15BrN4O. The maximum absolute atomic E-state index is 6.19.